The number of rotatable bonds is 3. The number of methoxy groups -OCH3 is 1. The Kier molecular flexibility index (Phi) is 4.32. The van der Waals surface area contributed by atoms with Gasteiger partial charge in [-0.3, -0.25) is 0 Å². The highest BCUT2D eigenvalue weighted by Gasteiger charge is 2.22. The fourth-order valence-electron chi connectivity index (χ4n) is 2.79. The van der Waals surface area contributed by atoms with E-state index in [1.54, 1.807) is 12.3 Å². The number of piperazine rings is 1. The predicted octanol–water partition coefficient (Wildman–Crippen LogP) is 1.78. The molecule has 0 saturated carbocycles. The molecule has 1 aliphatic heterocycles. The van der Waals surface area contributed by atoms with Crippen LogP contribution in [0.5, 0.6) is 0 Å². The Morgan fingerprint density at radius 3 is 2.43 bits per heavy atom. The molecule has 0 unspecified atom stereocenters. The molecule has 3 rings (SSSR count). The highest BCUT2D eigenvalue weighted by Crippen LogP contribution is 2.24. The number of benzene rings is 1. The number of nitrogens with two attached hydrogens (primary N) is 1. The van der Waals surface area contributed by atoms with E-state index >= 15 is 0 Å². The molecule has 120 valence electrons. The molecule has 2 aromatic rings. The van der Waals surface area contributed by atoms with Crippen molar-refractivity contribution < 1.29 is 9.53 Å². The molecule has 0 aliphatic carbocycles. The van der Waals surface area contributed by atoms with Gasteiger partial charge in [0.2, 0.25) is 0 Å². The summed E-state index contributed by atoms with van der Waals surface area (Å²) in [7, 11) is 1.41. The monoisotopic (exact) mass is 312 g/mol. The van der Waals surface area contributed by atoms with E-state index in [0.29, 0.717) is 11.3 Å². The maximum atomic E-state index is 11.9. The second-order valence-electron chi connectivity index (χ2n) is 5.43. The second kappa shape index (κ2) is 6.56. The molecular weight excluding hydrogens is 292 g/mol. The number of para-hydroxylation sites is 1. The molecule has 1 aromatic heterocycles. The van der Waals surface area contributed by atoms with Crippen molar-refractivity contribution in [3.8, 4) is 0 Å². The lowest BCUT2D eigenvalue weighted by Gasteiger charge is -2.37. The lowest BCUT2D eigenvalue weighted by Crippen LogP contribution is -2.47. The van der Waals surface area contributed by atoms with Gasteiger partial charge in [0.15, 0.2) is 0 Å². The largest absolute Gasteiger partial charge is 0.465 e. The number of hydrogen-bond donors (Lipinski definition) is 1. The molecule has 0 bridgehead atoms. The van der Waals surface area contributed by atoms with E-state index in [9.17, 15) is 4.79 Å². The number of carbonyl (C=O) groups is 1. The Morgan fingerprint density at radius 1 is 1.09 bits per heavy atom. The second-order valence-corrected chi connectivity index (χ2v) is 5.43. The van der Waals surface area contributed by atoms with Crippen LogP contribution < -0.4 is 15.5 Å². The average Bonchev–Trinajstić information content (AvgIpc) is 2.62. The lowest BCUT2D eigenvalue weighted by molar-refractivity contribution is 0.0601. The van der Waals surface area contributed by atoms with Crippen LogP contribution in [0.25, 0.3) is 0 Å². The molecule has 0 amide bonds. The summed E-state index contributed by atoms with van der Waals surface area (Å²) >= 11 is 0. The molecule has 0 spiro atoms. The van der Waals surface area contributed by atoms with Crippen molar-refractivity contribution in [3.63, 3.8) is 0 Å². The van der Waals surface area contributed by atoms with Crippen LogP contribution in [0.4, 0.5) is 17.2 Å². The quantitative estimate of drug-likeness (QED) is 0.871. The Bertz CT molecular complexity index is 679. The highest BCUT2D eigenvalue weighted by atomic mass is 16.5. The molecule has 6 nitrogen and oxygen atoms in total. The number of esters is 1. The van der Waals surface area contributed by atoms with E-state index in [2.05, 4.69) is 14.8 Å². The molecule has 1 aliphatic rings. The van der Waals surface area contributed by atoms with E-state index in [-0.39, 0.29) is 5.97 Å². The van der Waals surface area contributed by atoms with Gasteiger partial charge in [-0.2, -0.15) is 0 Å². The van der Waals surface area contributed by atoms with Crippen molar-refractivity contribution in [2.45, 2.75) is 0 Å². The zero-order valence-corrected chi connectivity index (χ0v) is 13.1. The van der Waals surface area contributed by atoms with E-state index in [1.807, 2.05) is 30.3 Å². The molecule has 0 atom stereocenters. The first-order valence-corrected chi connectivity index (χ1v) is 7.58. The number of nitrogens with zero attached hydrogens (tertiary/aromatic N) is 3. The summed E-state index contributed by atoms with van der Waals surface area (Å²) in [6.45, 7) is 3.32. The van der Waals surface area contributed by atoms with Crippen LogP contribution in [-0.4, -0.2) is 44.2 Å². The summed E-state index contributed by atoms with van der Waals surface area (Å²) in [4.78, 5) is 20.7. The summed E-state index contributed by atoms with van der Waals surface area (Å²) in [5, 5.41) is 0. The fourth-order valence-corrected chi connectivity index (χ4v) is 2.79. The topological polar surface area (TPSA) is 71.7 Å². The first-order valence-electron chi connectivity index (χ1n) is 7.58. The van der Waals surface area contributed by atoms with Crippen LogP contribution in [0.3, 0.4) is 0 Å². The average molecular weight is 312 g/mol. The van der Waals surface area contributed by atoms with Crippen molar-refractivity contribution in [2.75, 3.05) is 48.8 Å². The van der Waals surface area contributed by atoms with Crippen LogP contribution >= 0.6 is 0 Å². The van der Waals surface area contributed by atoms with Crippen molar-refractivity contribution in [3.05, 3.63) is 48.2 Å². The molecule has 6 heteroatoms. The van der Waals surface area contributed by atoms with Crippen LogP contribution in [0, 0.1) is 0 Å². The number of aromatic nitrogens is 1. The van der Waals surface area contributed by atoms with Gasteiger partial charge in [-0.05, 0) is 24.3 Å². The maximum Gasteiger partial charge on any atom is 0.339 e. The zero-order valence-electron chi connectivity index (χ0n) is 13.1. The fraction of sp³-hybridized carbons (Fsp3) is 0.294. The van der Waals surface area contributed by atoms with Gasteiger partial charge < -0.3 is 20.3 Å². The third-order valence-corrected chi connectivity index (χ3v) is 4.02. The summed E-state index contributed by atoms with van der Waals surface area (Å²) in [5.41, 5.74) is 7.87. The summed E-state index contributed by atoms with van der Waals surface area (Å²) < 4.78 is 4.87. The minimum Gasteiger partial charge on any atom is -0.465 e. The van der Waals surface area contributed by atoms with Gasteiger partial charge in [0.1, 0.15) is 5.82 Å². The molecule has 2 heterocycles. The normalized spacial score (nSPS) is 14.7. The van der Waals surface area contributed by atoms with Crippen LogP contribution in [0.1, 0.15) is 10.4 Å². The van der Waals surface area contributed by atoms with E-state index < -0.39 is 0 Å². The maximum absolute atomic E-state index is 11.9. The number of anilines is 3. The molecule has 2 N–H and O–H groups in total. The molecular formula is C17H20N4O2. The van der Waals surface area contributed by atoms with Gasteiger partial charge >= 0.3 is 5.97 Å². The molecule has 1 fully saturated rings. The first-order chi connectivity index (χ1) is 11.2. The number of pyridine rings is 1. The standard InChI is InChI=1S/C17H20N4O2/c1-23-17(22)14-4-2-3-5-15(14)20-8-10-21(11-9-20)16-7-6-13(18)12-19-16/h2-7,12H,8-11,18H2,1H3. The number of hydrogen-bond acceptors (Lipinski definition) is 6. The van der Waals surface area contributed by atoms with Crippen molar-refractivity contribution in [2.24, 2.45) is 0 Å². The van der Waals surface area contributed by atoms with Crippen molar-refractivity contribution in [1.82, 2.24) is 4.98 Å². The van der Waals surface area contributed by atoms with Crippen LogP contribution in [-0.2, 0) is 4.74 Å². The minimum absolute atomic E-state index is 0.303. The Labute approximate surface area is 135 Å². The van der Waals surface area contributed by atoms with Gasteiger partial charge in [0.25, 0.3) is 0 Å². The van der Waals surface area contributed by atoms with Crippen molar-refractivity contribution >= 4 is 23.2 Å². The first kappa shape index (κ1) is 15.1. The molecule has 0 radical (unpaired) electrons. The summed E-state index contributed by atoms with van der Waals surface area (Å²) in [6.07, 6.45) is 1.67. The minimum atomic E-state index is -0.303. The number of nitrogen functional groups attached to an aromatic ring is 1. The van der Waals surface area contributed by atoms with Crippen LogP contribution in [0.15, 0.2) is 42.6 Å². The molecule has 1 saturated heterocycles. The van der Waals surface area contributed by atoms with Gasteiger partial charge in [0, 0.05) is 26.2 Å². The SMILES string of the molecule is COC(=O)c1ccccc1N1CCN(c2ccc(N)cn2)CC1. The zero-order chi connectivity index (χ0) is 16.2. The van der Waals surface area contributed by atoms with E-state index in [0.717, 1.165) is 37.7 Å². The van der Waals surface area contributed by atoms with Gasteiger partial charge in [-0.1, -0.05) is 12.1 Å². The third-order valence-electron chi connectivity index (χ3n) is 4.02. The van der Waals surface area contributed by atoms with E-state index in [1.165, 1.54) is 7.11 Å². The van der Waals surface area contributed by atoms with E-state index in [4.69, 9.17) is 10.5 Å². The predicted molar refractivity (Wildman–Crippen MR) is 90.9 cm³/mol. The number of carbonyl (C=O) groups excluding carboxylic acids is 1. The molecule has 23 heavy (non-hydrogen) atoms. The van der Waals surface area contributed by atoms with Gasteiger partial charge in [-0.25, -0.2) is 9.78 Å². The molecule has 1 aromatic carbocycles. The smallest absolute Gasteiger partial charge is 0.339 e. The highest BCUT2D eigenvalue weighted by molar-refractivity contribution is 5.95. The Morgan fingerprint density at radius 2 is 1.78 bits per heavy atom. The van der Waals surface area contributed by atoms with Gasteiger partial charge in [0.05, 0.1) is 30.2 Å². The number of ether oxygens (including phenoxy) is 1. The van der Waals surface area contributed by atoms with Crippen LogP contribution in [0.2, 0.25) is 0 Å². The third kappa shape index (κ3) is 3.21. The Hall–Kier alpha value is -2.76. The Balaban J connectivity index is 1.72. The lowest BCUT2D eigenvalue weighted by atomic mass is 10.1. The summed E-state index contributed by atoms with van der Waals surface area (Å²) in [5.74, 6) is 0.628. The summed E-state index contributed by atoms with van der Waals surface area (Å²) in [6, 6.07) is 11.4. The van der Waals surface area contributed by atoms with Gasteiger partial charge in [-0.15, -0.1) is 0 Å². The van der Waals surface area contributed by atoms with Crippen molar-refractivity contribution in [1.29, 1.82) is 0 Å².